The van der Waals surface area contributed by atoms with E-state index in [1.807, 2.05) is 0 Å². The molecule has 1 saturated heterocycles. The monoisotopic (exact) mass is 253 g/mol. The molecule has 1 aliphatic heterocycles. The number of nitrogens with two attached hydrogens (primary N) is 1. The van der Waals surface area contributed by atoms with Gasteiger partial charge in [0, 0.05) is 12.1 Å². The van der Waals surface area contributed by atoms with Crippen LogP contribution in [0.25, 0.3) is 0 Å². The smallest absolute Gasteiger partial charge is 0.231 e. The Morgan fingerprint density at radius 2 is 2.00 bits per heavy atom. The Morgan fingerprint density at radius 3 is 2.61 bits per heavy atom. The molecule has 0 radical (unpaired) electrons. The molecule has 0 aromatic carbocycles. The molecule has 3 N–H and O–H groups in total. The molecule has 18 heavy (non-hydrogen) atoms. The minimum Gasteiger partial charge on any atom is -0.369 e. The van der Waals surface area contributed by atoms with Crippen LogP contribution >= 0.6 is 0 Å². The fourth-order valence-corrected chi connectivity index (χ4v) is 3.40. The Hall–Kier alpha value is -0.610. The van der Waals surface area contributed by atoms with E-state index in [9.17, 15) is 4.79 Å². The second kappa shape index (κ2) is 7.10. The number of carbonyl (C=O) groups excluding carboxylic acids is 1. The van der Waals surface area contributed by atoms with E-state index in [1.165, 1.54) is 57.9 Å². The molecule has 4 nitrogen and oxygen atoms in total. The zero-order valence-corrected chi connectivity index (χ0v) is 11.4. The summed E-state index contributed by atoms with van der Waals surface area (Å²) in [7, 11) is 0. The molecule has 1 unspecified atom stereocenters. The molecule has 2 aliphatic rings. The van der Waals surface area contributed by atoms with Crippen LogP contribution in [0.2, 0.25) is 0 Å². The van der Waals surface area contributed by atoms with Gasteiger partial charge in [-0.15, -0.1) is 0 Å². The molecule has 1 aliphatic carbocycles. The van der Waals surface area contributed by atoms with Crippen LogP contribution in [0.4, 0.5) is 0 Å². The number of amides is 1. The number of hydrogen-bond donors (Lipinski definition) is 2. The molecular weight excluding hydrogens is 226 g/mol. The fourth-order valence-electron chi connectivity index (χ4n) is 3.40. The van der Waals surface area contributed by atoms with E-state index >= 15 is 0 Å². The zero-order valence-electron chi connectivity index (χ0n) is 11.4. The highest BCUT2D eigenvalue weighted by Crippen LogP contribution is 2.23. The summed E-state index contributed by atoms with van der Waals surface area (Å²) in [4.78, 5) is 13.5. The molecular formula is C14H27N3O. The van der Waals surface area contributed by atoms with Crippen LogP contribution in [-0.4, -0.2) is 42.5 Å². The normalized spacial score (nSPS) is 25.1. The molecule has 4 heteroatoms. The number of hydrogen-bond acceptors (Lipinski definition) is 3. The lowest BCUT2D eigenvalue weighted by atomic mass is 10.1. The third-order valence-electron chi connectivity index (χ3n) is 4.36. The van der Waals surface area contributed by atoms with Crippen molar-refractivity contribution >= 4 is 5.91 Å². The summed E-state index contributed by atoms with van der Waals surface area (Å²) in [6.45, 7) is 2.66. The van der Waals surface area contributed by atoms with Crippen LogP contribution in [0.1, 0.15) is 51.4 Å². The first-order valence-electron chi connectivity index (χ1n) is 7.51. The van der Waals surface area contributed by atoms with Crippen molar-refractivity contribution in [3.63, 3.8) is 0 Å². The average Bonchev–Trinajstić information content (AvgIpc) is 3.00. The van der Waals surface area contributed by atoms with Crippen LogP contribution in [0.15, 0.2) is 0 Å². The van der Waals surface area contributed by atoms with Gasteiger partial charge in [-0.2, -0.15) is 0 Å². The third-order valence-corrected chi connectivity index (χ3v) is 4.36. The minimum absolute atomic E-state index is 0.180. The second-order valence-electron chi connectivity index (χ2n) is 5.81. The van der Waals surface area contributed by atoms with Gasteiger partial charge in [0.2, 0.25) is 5.91 Å². The maximum absolute atomic E-state index is 11.2. The van der Waals surface area contributed by atoms with Gasteiger partial charge in [0.1, 0.15) is 0 Å². The van der Waals surface area contributed by atoms with E-state index in [0.717, 1.165) is 6.54 Å². The SMILES string of the molecule is NC(=O)CN(CCCC1CCCN1)C1CCCC1. The summed E-state index contributed by atoms with van der Waals surface area (Å²) in [5.41, 5.74) is 5.36. The largest absolute Gasteiger partial charge is 0.369 e. The van der Waals surface area contributed by atoms with Crippen molar-refractivity contribution in [2.75, 3.05) is 19.6 Å². The predicted molar refractivity (Wildman–Crippen MR) is 73.3 cm³/mol. The summed E-state index contributed by atoms with van der Waals surface area (Å²) in [6, 6.07) is 1.32. The fraction of sp³-hybridized carbons (Fsp3) is 0.929. The lowest BCUT2D eigenvalue weighted by molar-refractivity contribution is -0.119. The first-order valence-corrected chi connectivity index (χ1v) is 7.51. The van der Waals surface area contributed by atoms with Gasteiger partial charge < -0.3 is 11.1 Å². The lowest BCUT2D eigenvalue weighted by Crippen LogP contribution is -2.41. The highest BCUT2D eigenvalue weighted by Gasteiger charge is 2.23. The van der Waals surface area contributed by atoms with E-state index < -0.39 is 0 Å². The molecule has 0 bridgehead atoms. The molecule has 0 aromatic heterocycles. The topological polar surface area (TPSA) is 58.4 Å². The molecule has 1 atom stereocenters. The highest BCUT2D eigenvalue weighted by molar-refractivity contribution is 5.75. The maximum Gasteiger partial charge on any atom is 0.231 e. The minimum atomic E-state index is -0.180. The van der Waals surface area contributed by atoms with Gasteiger partial charge in [-0.25, -0.2) is 0 Å². The molecule has 0 aromatic rings. The van der Waals surface area contributed by atoms with E-state index in [0.29, 0.717) is 18.6 Å². The first-order chi connectivity index (χ1) is 8.75. The predicted octanol–water partition coefficient (Wildman–Crippen LogP) is 1.25. The molecule has 0 spiro atoms. The van der Waals surface area contributed by atoms with Crippen molar-refractivity contribution in [1.29, 1.82) is 0 Å². The first kappa shape index (κ1) is 13.8. The number of rotatable bonds is 7. The highest BCUT2D eigenvalue weighted by atomic mass is 16.1. The number of nitrogens with zero attached hydrogens (tertiary/aromatic N) is 1. The lowest BCUT2D eigenvalue weighted by Gasteiger charge is -2.27. The van der Waals surface area contributed by atoms with Crippen LogP contribution in [-0.2, 0) is 4.79 Å². The van der Waals surface area contributed by atoms with E-state index in [2.05, 4.69) is 10.2 Å². The quantitative estimate of drug-likeness (QED) is 0.718. The van der Waals surface area contributed by atoms with Gasteiger partial charge in [-0.05, 0) is 51.6 Å². The van der Waals surface area contributed by atoms with Crippen LogP contribution in [0, 0.1) is 0 Å². The van der Waals surface area contributed by atoms with Crippen molar-refractivity contribution in [3.05, 3.63) is 0 Å². The van der Waals surface area contributed by atoms with E-state index in [4.69, 9.17) is 5.73 Å². The molecule has 2 fully saturated rings. The van der Waals surface area contributed by atoms with Crippen molar-refractivity contribution < 1.29 is 4.79 Å². The molecule has 1 heterocycles. The van der Waals surface area contributed by atoms with E-state index in [1.54, 1.807) is 0 Å². The van der Waals surface area contributed by atoms with Crippen LogP contribution in [0.5, 0.6) is 0 Å². The molecule has 1 amide bonds. The average molecular weight is 253 g/mol. The summed E-state index contributed by atoms with van der Waals surface area (Å²) >= 11 is 0. The Kier molecular flexibility index (Phi) is 5.45. The van der Waals surface area contributed by atoms with Gasteiger partial charge in [-0.1, -0.05) is 12.8 Å². The van der Waals surface area contributed by atoms with Crippen LogP contribution in [0.3, 0.4) is 0 Å². The van der Waals surface area contributed by atoms with Crippen LogP contribution < -0.4 is 11.1 Å². The van der Waals surface area contributed by atoms with Crippen molar-refractivity contribution in [2.45, 2.75) is 63.5 Å². The number of carbonyl (C=O) groups is 1. The summed E-state index contributed by atoms with van der Waals surface area (Å²) < 4.78 is 0. The standard InChI is InChI=1S/C14H27N3O/c15-14(18)11-17(13-7-1-2-8-13)10-4-6-12-5-3-9-16-12/h12-13,16H,1-11H2,(H2,15,18). The Balaban J connectivity index is 1.71. The van der Waals surface area contributed by atoms with Crippen molar-refractivity contribution in [1.82, 2.24) is 10.2 Å². The molecule has 2 rings (SSSR count). The number of nitrogens with one attached hydrogen (secondary N) is 1. The van der Waals surface area contributed by atoms with Crippen molar-refractivity contribution in [2.24, 2.45) is 5.73 Å². The Morgan fingerprint density at radius 1 is 1.22 bits per heavy atom. The van der Waals surface area contributed by atoms with Gasteiger partial charge in [0.25, 0.3) is 0 Å². The van der Waals surface area contributed by atoms with Gasteiger partial charge in [0.15, 0.2) is 0 Å². The van der Waals surface area contributed by atoms with E-state index in [-0.39, 0.29) is 5.91 Å². The summed E-state index contributed by atoms with van der Waals surface area (Å²) in [6.07, 6.45) is 10.2. The Bertz CT molecular complexity index is 258. The van der Waals surface area contributed by atoms with Gasteiger partial charge in [0.05, 0.1) is 6.54 Å². The summed E-state index contributed by atoms with van der Waals surface area (Å²) in [5, 5.41) is 3.53. The maximum atomic E-state index is 11.2. The van der Waals surface area contributed by atoms with Gasteiger partial charge >= 0.3 is 0 Å². The second-order valence-corrected chi connectivity index (χ2v) is 5.81. The van der Waals surface area contributed by atoms with Crippen molar-refractivity contribution in [3.8, 4) is 0 Å². The third kappa shape index (κ3) is 4.25. The zero-order chi connectivity index (χ0) is 12.8. The van der Waals surface area contributed by atoms with Gasteiger partial charge in [-0.3, -0.25) is 9.69 Å². The molecule has 1 saturated carbocycles. The Labute approximate surface area is 110 Å². The summed E-state index contributed by atoms with van der Waals surface area (Å²) in [5.74, 6) is -0.180. The molecule has 104 valence electrons. The number of primary amides is 1.